The Kier molecular flexibility index (Phi) is 42.6. The molecule has 0 atom stereocenters. The zero-order valence-electron chi connectivity index (χ0n) is 16.6. The second-order valence-electron chi connectivity index (χ2n) is 5.43. The standard InChI is InChI=1S/C12H26O4S.C3H8O3.2Na.H2O/c1-2-3-4-5-6-7-8-9-10-11-12-16-17(13,14)15;4-1-3(6)2-5;;;/h2-12H2,1H3,(H,13,14,15);3-6H,1-2H2;;;1H2/q;;2*+1;/p-2. The third-order valence-corrected chi connectivity index (χ3v) is 3.60. The molecule has 0 saturated heterocycles. The van der Waals surface area contributed by atoms with Crippen LogP contribution in [0, 0.1) is 0 Å². The molecule has 0 amide bonds. The van der Waals surface area contributed by atoms with Crippen LogP contribution in [-0.2, 0) is 14.6 Å². The molecule has 0 saturated carbocycles. The van der Waals surface area contributed by atoms with Crippen LogP contribution in [0.3, 0.4) is 0 Å². The van der Waals surface area contributed by atoms with Crippen LogP contribution in [0.4, 0.5) is 0 Å². The number of hydrogen-bond donors (Lipinski definition) is 3. The average Bonchev–Trinajstić information content (AvgIpc) is 2.51. The zero-order valence-corrected chi connectivity index (χ0v) is 21.4. The first-order valence-electron chi connectivity index (χ1n) is 8.37. The van der Waals surface area contributed by atoms with E-state index in [9.17, 15) is 13.0 Å². The van der Waals surface area contributed by atoms with Gasteiger partial charge in [-0.1, -0.05) is 64.7 Å². The van der Waals surface area contributed by atoms with Gasteiger partial charge in [0.05, 0.1) is 19.8 Å². The Balaban J connectivity index is -0.000000142. The molecule has 0 rings (SSSR count). The van der Waals surface area contributed by atoms with Gasteiger partial charge in [0, 0.05) is 0 Å². The van der Waals surface area contributed by atoms with Gasteiger partial charge in [-0.05, 0) is 6.42 Å². The van der Waals surface area contributed by atoms with Crippen molar-refractivity contribution in [3.8, 4) is 0 Å². The predicted molar refractivity (Wildman–Crippen MR) is 89.6 cm³/mol. The molecule has 0 bridgehead atoms. The van der Waals surface area contributed by atoms with Gasteiger partial charge in [-0.3, -0.25) is 4.18 Å². The predicted octanol–water partition coefficient (Wildman–Crippen LogP) is -4.45. The fourth-order valence-electron chi connectivity index (χ4n) is 1.81. The number of unbranched alkanes of at least 4 members (excludes halogenated alkanes) is 9. The molecule has 26 heavy (non-hydrogen) atoms. The quantitative estimate of drug-likeness (QED) is 0.110. The van der Waals surface area contributed by atoms with Crippen LogP contribution in [0.25, 0.3) is 0 Å². The van der Waals surface area contributed by atoms with Crippen LogP contribution in [0.2, 0.25) is 0 Å². The summed E-state index contributed by atoms with van der Waals surface area (Å²) in [5, 5.41) is 24.0. The average molecular weight is 420 g/mol. The minimum absolute atomic E-state index is 0. The van der Waals surface area contributed by atoms with E-state index in [1.54, 1.807) is 0 Å². The van der Waals surface area contributed by atoms with Gasteiger partial charge in [0.2, 0.25) is 10.4 Å². The molecule has 0 unspecified atom stereocenters. The minimum Gasteiger partial charge on any atom is -0.870 e. The van der Waals surface area contributed by atoms with E-state index in [4.69, 9.17) is 15.3 Å². The van der Waals surface area contributed by atoms with Crippen molar-refractivity contribution >= 4 is 10.4 Å². The van der Waals surface area contributed by atoms with E-state index in [-0.39, 0.29) is 84.4 Å². The summed E-state index contributed by atoms with van der Waals surface area (Å²) in [7, 11) is -4.48. The molecular formula is C15H34Na2O8S. The van der Waals surface area contributed by atoms with Crippen molar-refractivity contribution in [2.24, 2.45) is 0 Å². The molecule has 0 aliphatic heterocycles. The van der Waals surface area contributed by atoms with Crippen LogP contribution < -0.4 is 59.1 Å². The maximum absolute atomic E-state index is 10.1. The van der Waals surface area contributed by atoms with Gasteiger partial charge in [-0.15, -0.1) is 0 Å². The van der Waals surface area contributed by atoms with Crippen molar-refractivity contribution in [3.63, 3.8) is 0 Å². The van der Waals surface area contributed by atoms with Gasteiger partial charge < -0.3 is 25.3 Å². The first-order chi connectivity index (χ1) is 10.9. The maximum Gasteiger partial charge on any atom is 1.00 e. The van der Waals surface area contributed by atoms with Crippen LogP contribution >= 0.6 is 0 Å². The first-order valence-corrected chi connectivity index (χ1v) is 9.70. The SMILES string of the molecule is CCCCCCCCCCCCOS(=O)(=O)[O-].OCC(O)CO.[Na+].[Na+].[OH-]. The number of aliphatic hydroxyl groups is 3. The van der Waals surface area contributed by atoms with E-state index < -0.39 is 16.5 Å². The van der Waals surface area contributed by atoms with Crippen molar-refractivity contribution < 1.29 is 97.1 Å². The van der Waals surface area contributed by atoms with Crippen molar-refractivity contribution in [1.82, 2.24) is 0 Å². The molecule has 4 N–H and O–H groups in total. The summed E-state index contributed by atoms with van der Waals surface area (Å²) in [6.07, 6.45) is 10.7. The molecule has 0 aliphatic rings. The fourth-order valence-corrected chi connectivity index (χ4v) is 2.13. The van der Waals surface area contributed by atoms with Crippen molar-refractivity contribution in [1.29, 1.82) is 0 Å². The van der Waals surface area contributed by atoms with E-state index in [0.717, 1.165) is 12.8 Å². The molecule has 0 aromatic heterocycles. The molecule has 0 spiro atoms. The Labute approximate surface area is 202 Å². The number of aliphatic hydroxyl groups excluding tert-OH is 3. The fraction of sp³-hybridized carbons (Fsp3) is 1.00. The topological polar surface area (TPSA) is 157 Å². The van der Waals surface area contributed by atoms with E-state index in [1.165, 1.54) is 44.9 Å². The molecular weight excluding hydrogens is 386 g/mol. The Morgan fingerprint density at radius 2 is 1.19 bits per heavy atom. The molecule has 0 radical (unpaired) electrons. The van der Waals surface area contributed by atoms with Gasteiger partial charge in [-0.25, -0.2) is 8.42 Å². The van der Waals surface area contributed by atoms with E-state index in [1.807, 2.05) is 0 Å². The van der Waals surface area contributed by atoms with Gasteiger partial charge in [-0.2, -0.15) is 0 Å². The minimum atomic E-state index is -4.48. The third kappa shape index (κ3) is 40.4. The smallest absolute Gasteiger partial charge is 0.870 e. The van der Waals surface area contributed by atoms with Crippen LogP contribution in [0.15, 0.2) is 0 Å². The number of rotatable bonds is 14. The van der Waals surface area contributed by atoms with Gasteiger partial charge in [0.1, 0.15) is 6.10 Å². The summed E-state index contributed by atoms with van der Waals surface area (Å²) in [5.74, 6) is 0. The van der Waals surface area contributed by atoms with Crippen molar-refractivity contribution in [2.75, 3.05) is 19.8 Å². The first kappa shape index (κ1) is 38.3. The summed E-state index contributed by atoms with van der Waals surface area (Å²) in [6.45, 7) is 1.51. The molecule has 8 nitrogen and oxygen atoms in total. The van der Waals surface area contributed by atoms with Crippen LogP contribution in [0.5, 0.6) is 0 Å². The summed E-state index contributed by atoms with van der Waals surface area (Å²) in [4.78, 5) is 0. The molecule has 150 valence electrons. The molecule has 0 aromatic rings. The summed E-state index contributed by atoms with van der Waals surface area (Å²) < 4.78 is 34.5. The molecule has 0 aliphatic carbocycles. The van der Waals surface area contributed by atoms with E-state index >= 15 is 0 Å². The third-order valence-electron chi connectivity index (χ3n) is 3.15. The van der Waals surface area contributed by atoms with Crippen molar-refractivity contribution in [2.45, 2.75) is 77.2 Å². The van der Waals surface area contributed by atoms with Crippen molar-refractivity contribution in [3.05, 3.63) is 0 Å². The Bertz CT molecular complexity index is 328. The Morgan fingerprint density at radius 1 is 0.846 bits per heavy atom. The largest absolute Gasteiger partial charge is 1.00 e. The zero-order chi connectivity index (χ0) is 18.0. The van der Waals surface area contributed by atoms with Crippen LogP contribution in [0.1, 0.15) is 71.1 Å². The molecule has 0 aromatic carbocycles. The second kappa shape index (κ2) is 28.9. The second-order valence-corrected chi connectivity index (χ2v) is 6.48. The normalized spacial score (nSPS) is 10.1. The molecule has 0 fully saturated rings. The maximum atomic E-state index is 10.1. The number of hydrogen-bond acceptors (Lipinski definition) is 8. The summed E-state index contributed by atoms with van der Waals surface area (Å²) in [5.41, 5.74) is 0. The van der Waals surface area contributed by atoms with E-state index in [0.29, 0.717) is 6.42 Å². The molecule has 11 heteroatoms. The Morgan fingerprint density at radius 3 is 1.46 bits per heavy atom. The van der Waals surface area contributed by atoms with Gasteiger partial charge in [0.15, 0.2) is 0 Å². The van der Waals surface area contributed by atoms with E-state index in [2.05, 4.69) is 11.1 Å². The van der Waals surface area contributed by atoms with Gasteiger partial charge in [0.25, 0.3) is 0 Å². The summed E-state index contributed by atoms with van der Waals surface area (Å²) >= 11 is 0. The molecule has 0 heterocycles. The Hall–Kier alpha value is 1.71. The summed E-state index contributed by atoms with van der Waals surface area (Å²) in [6, 6.07) is 0. The van der Waals surface area contributed by atoms with Gasteiger partial charge >= 0.3 is 59.1 Å². The monoisotopic (exact) mass is 420 g/mol. The van der Waals surface area contributed by atoms with Crippen LogP contribution in [-0.4, -0.2) is 59.7 Å².